The number of hydrogen-bond acceptors (Lipinski definition) is 5. The summed E-state index contributed by atoms with van der Waals surface area (Å²) in [5.41, 5.74) is 0.819. The largest absolute Gasteiger partial charge is 0.464 e. The second-order valence-corrected chi connectivity index (χ2v) is 7.52. The van der Waals surface area contributed by atoms with Crippen molar-refractivity contribution >= 4 is 17.5 Å². The van der Waals surface area contributed by atoms with E-state index in [1.165, 1.54) is 20.1 Å². The van der Waals surface area contributed by atoms with Gasteiger partial charge in [-0.15, -0.1) is 0 Å². The first-order chi connectivity index (χ1) is 13.2. The highest BCUT2D eigenvalue weighted by Crippen LogP contribution is 2.43. The van der Waals surface area contributed by atoms with Crippen molar-refractivity contribution in [3.8, 4) is 0 Å². The van der Waals surface area contributed by atoms with Crippen LogP contribution in [-0.4, -0.2) is 23.1 Å². The topological polar surface area (TPSA) is 69.7 Å². The van der Waals surface area contributed by atoms with E-state index in [0.717, 1.165) is 12.0 Å². The average molecular weight is 380 g/mol. The molecular formula is C23H24O5. The van der Waals surface area contributed by atoms with Gasteiger partial charge in [0.05, 0.1) is 5.57 Å². The lowest BCUT2D eigenvalue weighted by atomic mass is 9.77. The van der Waals surface area contributed by atoms with Crippen LogP contribution in [0.1, 0.15) is 41.0 Å². The van der Waals surface area contributed by atoms with Crippen molar-refractivity contribution in [1.29, 1.82) is 0 Å². The second-order valence-electron chi connectivity index (χ2n) is 7.52. The van der Waals surface area contributed by atoms with Crippen LogP contribution in [0.5, 0.6) is 0 Å². The van der Waals surface area contributed by atoms with Gasteiger partial charge in [-0.2, -0.15) is 0 Å². The number of hydrogen-bond donors (Lipinski definition) is 0. The van der Waals surface area contributed by atoms with E-state index in [1.54, 1.807) is 12.2 Å². The second kappa shape index (κ2) is 7.23. The number of fused-ring (bicyclic) bond motifs is 2. The number of Topliss-reactive ketones (excluding diaryl/α,β-unsaturated/α-hetero) is 2. The summed E-state index contributed by atoms with van der Waals surface area (Å²) in [4.78, 5) is 37.0. The molecule has 0 unspecified atom stereocenters. The van der Waals surface area contributed by atoms with E-state index in [0.29, 0.717) is 28.4 Å². The number of carbonyl (C=O) groups is 3. The third-order valence-corrected chi connectivity index (χ3v) is 5.24. The Morgan fingerprint density at radius 3 is 2.61 bits per heavy atom. The molecule has 0 spiro atoms. The fourth-order valence-electron chi connectivity index (χ4n) is 3.45. The molecule has 0 saturated carbocycles. The third kappa shape index (κ3) is 3.33. The molecule has 0 aromatic heterocycles. The quantitative estimate of drug-likeness (QED) is 0.409. The molecule has 3 aliphatic rings. The number of rotatable bonds is 5. The van der Waals surface area contributed by atoms with Crippen molar-refractivity contribution in [2.75, 3.05) is 0 Å². The molecule has 2 atom stereocenters. The molecule has 0 amide bonds. The maximum Gasteiger partial charge on any atom is 0.343 e. The Morgan fingerprint density at radius 1 is 1.25 bits per heavy atom. The molecule has 0 fully saturated rings. The molecule has 28 heavy (non-hydrogen) atoms. The Labute approximate surface area is 164 Å². The Morgan fingerprint density at radius 2 is 1.96 bits per heavy atom. The van der Waals surface area contributed by atoms with Crippen LogP contribution in [0.4, 0.5) is 0 Å². The van der Waals surface area contributed by atoms with Crippen molar-refractivity contribution in [3.63, 3.8) is 0 Å². The molecule has 0 radical (unpaired) electrons. The molecule has 0 bridgehead atoms. The first-order valence-electron chi connectivity index (χ1n) is 9.38. The van der Waals surface area contributed by atoms with Crippen molar-refractivity contribution in [2.24, 2.45) is 5.92 Å². The minimum absolute atomic E-state index is 0.0632. The van der Waals surface area contributed by atoms with Gasteiger partial charge < -0.3 is 9.47 Å². The number of allylic oxidation sites excluding steroid dienone is 6. The average Bonchev–Trinajstić information content (AvgIpc) is 2.90. The lowest BCUT2D eigenvalue weighted by molar-refractivity contribution is -0.153. The van der Waals surface area contributed by atoms with Crippen LogP contribution in [0.15, 0.2) is 70.3 Å². The van der Waals surface area contributed by atoms with E-state index in [4.69, 9.17) is 9.47 Å². The monoisotopic (exact) mass is 380 g/mol. The summed E-state index contributed by atoms with van der Waals surface area (Å²) >= 11 is 0. The van der Waals surface area contributed by atoms with Crippen LogP contribution in [0, 0.1) is 5.92 Å². The first kappa shape index (κ1) is 19.8. The highest BCUT2D eigenvalue weighted by atomic mass is 16.6. The van der Waals surface area contributed by atoms with E-state index < -0.39 is 23.1 Å². The lowest BCUT2D eigenvalue weighted by Crippen LogP contribution is -2.41. The highest BCUT2D eigenvalue weighted by molar-refractivity contribution is 6.24. The van der Waals surface area contributed by atoms with Gasteiger partial charge in [-0.3, -0.25) is 9.59 Å². The molecule has 1 aliphatic carbocycles. The summed E-state index contributed by atoms with van der Waals surface area (Å²) in [7, 11) is 0. The first-order valence-corrected chi connectivity index (χ1v) is 9.38. The van der Waals surface area contributed by atoms with E-state index >= 15 is 0 Å². The summed E-state index contributed by atoms with van der Waals surface area (Å²) in [6, 6.07) is 0. The van der Waals surface area contributed by atoms with Crippen LogP contribution < -0.4 is 0 Å². The van der Waals surface area contributed by atoms with Gasteiger partial charge in [0.25, 0.3) is 0 Å². The van der Waals surface area contributed by atoms with Gasteiger partial charge in [0.2, 0.25) is 5.78 Å². The Bertz CT molecular complexity index is 951. The van der Waals surface area contributed by atoms with Crippen molar-refractivity contribution in [3.05, 3.63) is 70.3 Å². The summed E-state index contributed by atoms with van der Waals surface area (Å²) in [6.45, 7) is 9.12. The number of esters is 1. The molecule has 0 aromatic rings. The summed E-state index contributed by atoms with van der Waals surface area (Å²) < 4.78 is 10.9. The highest BCUT2D eigenvalue weighted by Gasteiger charge is 2.53. The minimum atomic E-state index is -1.48. The fourth-order valence-corrected chi connectivity index (χ4v) is 3.45. The Hall–Kier alpha value is -2.95. The fraction of sp³-hybridized carbons (Fsp3) is 0.348. The van der Waals surface area contributed by atoms with E-state index in [-0.39, 0.29) is 5.57 Å². The van der Waals surface area contributed by atoms with Crippen molar-refractivity contribution in [2.45, 2.75) is 46.6 Å². The van der Waals surface area contributed by atoms with Crippen LogP contribution in [-0.2, 0) is 23.9 Å². The molecule has 5 nitrogen and oxygen atoms in total. The summed E-state index contributed by atoms with van der Waals surface area (Å²) in [5.74, 6) is -0.506. The molecule has 5 heteroatoms. The van der Waals surface area contributed by atoms with Gasteiger partial charge in [0, 0.05) is 5.57 Å². The van der Waals surface area contributed by atoms with Gasteiger partial charge in [0.15, 0.2) is 11.4 Å². The smallest absolute Gasteiger partial charge is 0.343 e. The maximum atomic E-state index is 12.9. The number of ether oxygens (including phenoxy) is 2. The molecule has 0 aromatic carbocycles. The van der Waals surface area contributed by atoms with Crippen LogP contribution in [0.3, 0.4) is 0 Å². The predicted octanol–water partition coefficient (Wildman–Crippen LogP) is 4.04. The van der Waals surface area contributed by atoms with Gasteiger partial charge in [0.1, 0.15) is 17.6 Å². The predicted molar refractivity (Wildman–Crippen MR) is 105 cm³/mol. The van der Waals surface area contributed by atoms with E-state index in [9.17, 15) is 14.4 Å². The van der Waals surface area contributed by atoms with Crippen molar-refractivity contribution < 1.29 is 23.9 Å². The molecule has 2 aliphatic heterocycles. The number of ketones is 2. The number of carbonyl (C=O) groups excluding carboxylic acids is 3. The molecule has 3 rings (SSSR count). The van der Waals surface area contributed by atoms with Gasteiger partial charge in [-0.25, -0.2) is 4.79 Å². The zero-order chi connectivity index (χ0) is 20.6. The van der Waals surface area contributed by atoms with Gasteiger partial charge in [-0.1, -0.05) is 38.0 Å². The third-order valence-electron chi connectivity index (χ3n) is 5.24. The summed E-state index contributed by atoms with van der Waals surface area (Å²) in [6.07, 6.45) is 11.8. The molecule has 0 saturated heterocycles. The van der Waals surface area contributed by atoms with Crippen LogP contribution in [0.25, 0.3) is 0 Å². The van der Waals surface area contributed by atoms with Crippen LogP contribution in [0.2, 0.25) is 0 Å². The van der Waals surface area contributed by atoms with Gasteiger partial charge >= 0.3 is 5.97 Å². The van der Waals surface area contributed by atoms with E-state index in [2.05, 4.69) is 19.9 Å². The zero-order valence-corrected chi connectivity index (χ0v) is 16.8. The molecule has 146 valence electrons. The SMILES string of the molecule is CC[C@H](C)/C=C(C)/C=C/C1=CC2=CC3=C(C(C)=O)C(=O)O[C@@]3(C)C(=O)C2=CO1. The molecule has 0 N–H and O–H groups in total. The molecule has 2 heterocycles. The molecular weight excluding hydrogens is 356 g/mol. The standard InChI is InChI=1S/C23H24O5/c1-6-13(2)9-14(3)7-8-17-10-16-11-19-20(15(4)24)22(26)28-23(19,5)21(25)18(16)12-27-17/h7-13H,6H2,1-5H3/b8-7+,14-9+/t13-,23+/m0/s1. The van der Waals surface area contributed by atoms with Crippen LogP contribution >= 0.6 is 0 Å². The van der Waals surface area contributed by atoms with E-state index in [1.807, 2.05) is 19.1 Å². The zero-order valence-electron chi connectivity index (χ0n) is 16.8. The minimum Gasteiger partial charge on any atom is -0.464 e. The summed E-state index contributed by atoms with van der Waals surface area (Å²) in [5, 5.41) is 0. The Kier molecular flexibility index (Phi) is 5.11. The normalized spacial score (nSPS) is 25.5. The maximum absolute atomic E-state index is 12.9. The van der Waals surface area contributed by atoms with Gasteiger partial charge in [-0.05, 0) is 50.5 Å². The van der Waals surface area contributed by atoms with Crippen molar-refractivity contribution in [1.82, 2.24) is 0 Å². The Balaban J connectivity index is 1.98. The lowest BCUT2D eigenvalue weighted by Gasteiger charge is -2.30.